The quantitative estimate of drug-likeness (QED) is 0.515. The topological polar surface area (TPSA) is 79.6 Å². The Hall–Kier alpha value is -3.72. The van der Waals surface area contributed by atoms with E-state index in [0.29, 0.717) is 17.1 Å². The van der Waals surface area contributed by atoms with Gasteiger partial charge in [-0.15, -0.1) is 0 Å². The minimum atomic E-state index is -0.516. The van der Waals surface area contributed by atoms with Crippen molar-refractivity contribution in [3.63, 3.8) is 0 Å². The number of ether oxygens (including phenoxy) is 1. The van der Waals surface area contributed by atoms with Crippen molar-refractivity contribution in [1.82, 2.24) is 24.7 Å². The largest absolute Gasteiger partial charge is 0.494 e. The summed E-state index contributed by atoms with van der Waals surface area (Å²) < 4.78 is 21.9. The van der Waals surface area contributed by atoms with E-state index in [0.717, 1.165) is 43.7 Å². The van der Waals surface area contributed by atoms with E-state index < -0.39 is 5.82 Å². The Balaban J connectivity index is 1.46. The minimum Gasteiger partial charge on any atom is -0.494 e. The zero-order chi connectivity index (χ0) is 21.2. The van der Waals surface area contributed by atoms with Gasteiger partial charge in [-0.05, 0) is 24.3 Å². The van der Waals surface area contributed by atoms with Gasteiger partial charge in [-0.1, -0.05) is 6.07 Å². The summed E-state index contributed by atoms with van der Waals surface area (Å²) >= 11 is 0. The molecule has 1 fully saturated rings. The van der Waals surface area contributed by atoms with Crippen molar-refractivity contribution < 1.29 is 9.13 Å². The molecular formula is C22H22FN7O. The molecule has 9 heteroatoms. The first-order chi connectivity index (χ1) is 15.2. The van der Waals surface area contributed by atoms with Crippen LogP contribution in [0, 0.1) is 5.82 Å². The third kappa shape index (κ3) is 3.75. The molecule has 0 unspecified atom stereocenters. The van der Waals surface area contributed by atoms with Crippen molar-refractivity contribution in [2.45, 2.75) is 0 Å². The number of rotatable bonds is 5. The molecule has 0 saturated carbocycles. The van der Waals surface area contributed by atoms with E-state index in [1.807, 2.05) is 42.6 Å². The van der Waals surface area contributed by atoms with E-state index in [-0.39, 0.29) is 11.6 Å². The van der Waals surface area contributed by atoms with Gasteiger partial charge in [0, 0.05) is 44.1 Å². The average Bonchev–Trinajstić information content (AvgIpc) is 3.25. The van der Waals surface area contributed by atoms with E-state index in [1.165, 1.54) is 0 Å². The summed E-state index contributed by atoms with van der Waals surface area (Å²) in [4.78, 5) is 15.1. The van der Waals surface area contributed by atoms with Crippen LogP contribution in [-0.2, 0) is 0 Å². The van der Waals surface area contributed by atoms with Crippen LogP contribution in [-0.4, -0.2) is 52.6 Å². The summed E-state index contributed by atoms with van der Waals surface area (Å²) in [6.45, 7) is 3.80. The molecule has 0 amide bonds. The minimum absolute atomic E-state index is 0.174. The van der Waals surface area contributed by atoms with Gasteiger partial charge < -0.3 is 20.3 Å². The number of hydrogen-bond donors (Lipinski definition) is 2. The van der Waals surface area contributed by atoms with E-state index >= 15 is 0 Å². The standard InChI is InChI=1S/C22H22FN7O/c1-31-19-12-15(29-10-7-24-8-11-29)5-6-17(19)27-22-26-13-16(23)21(28-22)18-14-25-20-4-2-3-9-30(18)20/h2-6,9,12-14,24H,7-8,10-11H2,1H3,(H,26,27,28). The summed E-state index contributed by atoms with van der Waals surface area (Å²) in [5, 5.41) is 6.51. The van der Waals surface area contributed by atoms with Gasteiger partial charge in [-0.2, -0.15) is 0 Å². The SMILES string of the molecule is COc1cc(N2CCNCC2)ccc1Nc1ncc(F)c(-c2cnc3ccccn23)n1. The summed E-state index contributed by atoms with van der Waals surface area (Å²) in [5.74, 6) is 0.424. The molecule has 1 aliphatic heterocycles. The highest BCUT2D eigenvalue weighted by molar-refractivity contribution is 5.69. The first-order valence-electron chi connectivity index (χ1n) is 10.1. The third-order valence-electron chi connectivity index (χ3n) is 5.32. The van der Waals surface area contributed by atoms with Crippen LogP contribution >= 0.6 is 0 Å². The van der Waals surface area contributed by atoms with Gasteiger partial charge in [0.05, 0.1) is 30.9 Å². The van der Waals surface area contributed by atoms with Crippen LogP contribution in [0.25, 0.3) is 17.0 Å². The van der Waals surface area contributed by atoms with Crippen LogP contribution in [0.4, 0.5) is 21.7 Å². The number of anilines is 3. The third-order valence-corrected chi connectivity index (χ3v) is 5.32. The zero-order valence-corrected chi connectivity index (χ0v) is 17.0. The summed E-state index contributed by atoms with van der Waals surface area (Å²) in [6.07, 6.45) is 4.59. The Morgan fingerprint density at radius 2 is 1.97 bits per heavy atom. The monoisotopic (exact) mass is 419 g/mol. The smallest absolute Gasteiger partial charge is 0.228 e. The molecule has 0 atom stereocenters. The lowest BCUT2D eigenvalue weighted by molar-refractivity contribution is 0.416. The normalized spacial score (nSPS) is 14.1. The molecule has 4 aromatic rings. The van der Waals surface area contributed by atoms with Gasteiger partial charge in [0.15, 0.2) is 5.82 Å². The number of fused-ring (bicyclic) bond motifs is 1. The number of hydrogen-bond acceptors (Lipinski definition) is 7. The molecular weight excluding hydrogens is 397 g/mol. The maximum atomic E-state index is 14.6. The van der Waals surface area contributed by atoms with Crippen LogP contribution in [0.15, 0.2) is 55.0 Å². The Labute approximate surface area is 178 Å². The second-order valence-corrected chi connectivity index (χ2v) is 7.21. The molecule has 1 aliphatic rings. The molecule has 1 aromatic carbocycles. The van der Waals surface area contributed by atoms with E-state index in [9.17, 15) is 4.39 Å². The molecule has 31 heavy (non-hydrogen) atoms. The molecule has 0 spiro atoms. The van der Waals surface area contributed by atoms with Crippen LogP contribution in [0.3, 0.4) is 0 Å². The van der Waals surface area contributed by atoms with Gasteiger partial charge in [-0.3, -0.25) is 4.40 Å². The van der Waals surface area contributed by atoms with Gasteiger partial charge in [-0.25, -0.2) is 19.3 Å². The van der Waals surface area contributed by atoms with Crippen molar-refractivity contribution in [2.24, 2.45) is 0 Å². The van der Waals surface area contributed by atoms with Crippen molar-refractivity contribution in [3.05, 3.63) is 60.8 Å². The molecule has 0 aliphatic carbocycles. The van der Waals surface area contributed by atoms with E-state index in [2.05, 4.69) is 30.5 Å². The van der Waals surface area contributed by atoms with E-state index in [4.69, 9.17) is 4.74 Å². The highest BCUT2D eigenvalue weighted by atomic mass is 19.1. The molecule has 8 nitrogen and oxygen atoms in total. The molecule has 0 bridgehead atoms. The van der Waals surface area contributed by atoms with Gasteiger partial charge in [0.2, 0.25) is 5.95 Å². The molecule has 2 N–H and O–H groups in total. The fourth-order valence-corrected chi connectivity index (χ4v) is 3.74. The van der Waals surface area contributed by atoms with Gasteiger partial charge in [0.1, 0.15) is 17.1 Å². The van der Waals surface area contributed by atoms with Gasteiger partial charge >= 0.3 is 0 Å². The number of piperazine rings is 1. The first kappa shape index (κ1) is 19.3. The number of nitrogens with zero attached hydrogens (tertiary/aromatic N) is 5. The number of aromatic nitrogens is 4. The van der Waals surface area contributed by atoms with Crippen molar-refractivity contribution in [1.29, 1.82) is 0 Å². The Bertz CT molecular complexity index is 1220. The molecule has 0 radical (unpaired) electrons. The predicted octanol–water partition coefficient (Wildman–Crippen LogP) is 3.09. The lowest BCUT2D eigenvalue weighted by Gasteiger charge is -2.30. The lowest BCUT2D eigenvalue weighted by atomic mass is 10.2. The van der Waals surface area contributed by atoms with Crippen LogP contribution in [0.5, 0.6) is 5.75 Å². The number of benzene rings is 1. The average molecular weight is 419 g/mol. The Morgan fingerprint density at radius 3 is 2.81 bits per heavy atom. The van der Waals surface area contributed by atoms with Crippen molar-refractivity contribution in [3.8, 4) is 17.1 Å². The fourth-order valence-electron chi connectivity index (χ4n) is 3.74. The lowest BCUT2D eigenvalue weighted by Crippen LogP contribution is -2.43. The second kappa shape index (κ2) is 8.19. The fraction of sp³-hybridized carbons (Fsp3) is 0.227. The maximum absolute atomic E-state index is 14.6. The van der Waals surface area contributed by atoms with Gasteiger partial charge in [0.25, 0.3) is 0 Å². The van der Waals surface area contributed by atoms with E-state index in [1.54, 1.807) is 17.7 Å². The van der Waals surface area contributed by atoms with Crippen LogP contribution in [0.2, 0.25) is 0 Å². The van der Waals surface area contributed by atoms with Crippen molar-refractivity contribution >= 4 is 23.0 Å². The summed E-state index contributed by atoms with van der Waals surface area (Å²) in [6, 6.07) is 11.5. The number of halogens is 1. The maximum Gasteiger partial charge on any atom is 0.228 e. The first-order valence-corrected chi connectivity index (χ1v) is 10.1. The zero-order valence-electron chi connectivity index (χ0n) is 17.0. The number of imidazole rings is 1. The highest BCUT2D eigenvalue weighted by Crippen LogP contribution is 2.32. The van der Waals surface area contributed by atoms with Crippen LogP contribution < -0.4 is 20.3 Å². The Kier molecular flexibility index (Phi) is 5.09. The Morgan fingerprint density at radius 1 is 1.10 bits per heavy atom. The number of methoxy groups -OCH3 is 1. The molecule has 158 valence electrons. The molecule has 3 aromatic heterocycles. The number of nitrogens with one attached hydrogen (secondary N) is 2. The van der Waals surface area contributed by atoms with Crippen molar-refractivity contribution in [2.75, 3.05) is 43.5 Å². The van der Waals surface area contributed by atoms with Crippen LogP contribution in [0.1, 0.15) is 0 Å². The second-order valence-electron chi connectivity index (χ2n) is 7.21. The molecule has 1 saturated heterocycles. The highest BCUT2D eigenvalue weighted by Gasteiger charge is 2.16. The molecule has 5 rings (SSSR count). The number of pyridine rings is 1. The molecule has 4 heterocycles. The summed E-state index contributed by atoms with van der Waals surface area (Å²) in [5.41, 5.74) is 3.25. The predicted molar refractivity (Wildman–Crippen MR) is 118 cm³/mol. The summed E-state index contributed by atoms with van der Waals surface area (Å²) in [7, 11) is 1.62.